The highest BCUT2D eigenvalue weighted by Gasteiger charge is 2.28. The molecule has 6 heteroatoms. The predicted octanol–water partition coefficient (Wildman–Crippen LogP) is 3.29. The van der Waals surface area contributed by atoms with E-state index in [4.69, 9.17) is 10.00 Å². The molecule has 1 saturated carbocycles. The van der Waals surface area contributed by atoms with Gasteiger partial charge in [-0.2, -0.15) is 5.26 Å². The van der Waals surface area contributed by atoms with Crippen molar-refractivity contribution in [3.05, 3.63) is 59.2 Å². The van der Waals surface area contributed by atoms with Crippen molar-refractivity contribution in [1.82, 2.24) is 9.62 Å². The van der Waals surface area contributed by atoms with Gasteiger partial charge in [0.2, 0.25) is 0 Å². The number of rotatable bonds is 7. The van der Waals surface area contributed by atoms with Crippen molar-refractivity contribution < 1.29 is 9.29 Å². The number of nitrogens with one attached hydrogen (secondary N) is 1. The predicted molar refractivity (Wildman–Crippen MR) is 109 cm³/mol. The van der Waals surface area contributed by atoms with Gasteiger partial charge in [0.15, 0.2) is 4.90 Å². The Balaban J connectivity index is 1.29. The third-order valence-electron chi connectivity index (χ3n) is 5.22. The van der Waals surface area contributed by atoms with Crippen molar-refractivity contribution in [3.63, 3.8) is 0 Å². The molecule has 0 unspecified atom stereocenters. The van der Waals surface area contributed by atoms with Gasteiger partial charge in [-0.1, -0.05) is 18.2 Å². The summed E-state index contributed by atoms with van der Waals surface area (Å²) < 4.78 is 21.8. The maximum Gasteiger partial charge on any atom is 0.178 e. The van der Waals surface area contributed by atoms with Crippen molar-refractivity contribution in [3.8, 4) is 11.8 Å². The second-order valence-corrected chi connectivity index (χ2v) is 8.87. The minimum absolute atomic E-state index is 0.184. The Morgan fingerprint density at radius 2 is 2.00 bits per heavy atom. The number of benzene rings is 2. The Morgan fingerprint density at radius 3 is 2.71 bits per heavy atom. The lowest BCUT2D eigenvalue weighted by Crippen LogP contribution is -2.37. The maximum absolute atomic E-state index is 12.7. The molecule has 1 aliphatic heterocycles. The van der Waals surface area contributed by atoms with Crippen molar-refractivity contribution >= 4 is 11.4 Å². The van der Waals surface area contributed by atoms with E-state index < -0.39 is 11.4 Å². The average molecular weight is 396 g/mol. The molecule has 0 amide bonds. The number of nitrogens with zero attached hydrogens (tertiary/aromatic N) is 2. The monoisotopic (exact) mass is 395 g/mol. The lowest BCUT2D eigenvalue weighted by molar-refractivity contribution is 0.302. The van der Waals surface area contributed by atoms with Crippen LogP contribution in [0, 0.1) is 18.3 Å². The van der Waals surface area contributed by atoms with Gasteiger partial charge in [0.05, 0.1) is 35.1 Å². The molecule has 2 aromatic carbocycles. The van der Waals surface area contributed by atoms with Crippen LogP contribution in [0.4, 0.5) is 0 Å². The Bertz CT molecular complexity index is 861. The molecule has 1 aliphatic carbocycles. The Morgan fingerprint density at radius 1 is 1.21 bits per heavy atom. The topological polar surface area (TPSA) is 71.3 Å². The van der Waals surface area contributed by atoms with Crippen LogP contribution in [-0.4, -0.2) is 34.7 Å². The van der Waals surface area contributed by atoms with Crippen LogP contribution in [0.2, 0.25) is 0 Å². The largest absolute Gasteiger partial charge is 0.593 e. The smallest absolute Gasteiger partial charge is 0.178 e. The standard InChI is InChI=1S/C22H25N3O2S/c1-16-2-3-18(13-23)12-22(16)28(26)24-19-10-11-25(15-19)14-17-4-6-20(7-5-17)27-21-8-9-21/h2-7,12,19,21,24H,8-11,14-15H2,1H3/t19-,28+/m1/s1. The van der Waals surface area contributed by atoms with Gasteiger partial charge in [-0.15, -0.1) is 4.72 Å². The van der Waals surface area contributed by atoms with Crippen molar-refractivity contribution in [2.45, 2.75) is 49.8 Å². The summed E-state index contributed by atoms with van der Waals surface area (Å²) in [6, 6.07) is 16.0. The van der Waals surface area contributed by atoms with Crippen LogP contribution in [0.3, 0.4) is 0 Å². The van der Waals surface area contributed by atoms with E-state index in [0.717, 1.165) is 37.4 Å². The number of aryl methyl sites for hydroxylation is 1. The Labute approximate surface area is 169 Å². The minimum Gasteiger partial charge on any atom is -0.593 e. The summed E-state index contributed by atoms with van der Waals surface area (Å²) >= 11 is -1.31. The zero-order chi connectivity index (χ0) is 19.5. The molecule has 4 rings (SSSR count). The second kappa shape index (κ2) is 8.54. The third kappa shape index (κ3) is 4.86. The summed E-state index contributed by atoms with van der Waals surface area (Å²) in [5, 5.41) is 9.07. The highest BCUT2D eigenvalue weighted by atomic mass is 32.2. The molecule has 0 spiro atoms. The quantitative estimate of drug-likeness (QED) is 0.729. The molecule has 2 aliphatic rings. The van der Waals surface area contributed by atoms with Crippen LogP contribution < -0.4 is 9.46 Å². The highest BCUT2D eigenvalue weighted by Crippen LogP contribution is 2.27. The molecular weight excluding hydrogens is 370 g/mol. The van der Waals surface area contributed by atoms with E-state index in [0.29, 0.717) is 16.6 Å². The van der Waals surface area contributed by atoms with E-state index in [2.05, 4.69) is 40.0 Å². The number of hydrogen-bond donors (Lipinski definition) is 1. The minimum atomic E-state index is -1.31. The first-order valence-corrected chi connectivity index (χ1v) is 10.9. The summed E-state index contributed by atoms with van der Waals surface area (Å²) in [6.07, 6.45) is 3.73. The molecule has 28 heavy (non-hydrogen) atoms. The number of ether oxygens (including phenoxy) is 1. The normalized spacial score (nSPS) is 20.7. The third-order valence-corrected chi connectivity index (χ3v) is 6.61. The molecule has 1 heterocycles. The molecule has 2 atom stereocenters. The van der Waals surface area contributed by atoms with Gasteiger partial charge in [0.1, 0.15) is 5.75 Å². The van der Waals surface area contributed by atoms with Crippen LogP contribution in [-0.2, 0) is 17.9 Å². The van der Waals surface area contributed by atoms with Crippen molar-refractivity contribution in [1.29, 1.82) is 5.26 Å². The lowest BCUT2D eigenvalue weighted by atomic mass is 10.2. The fourth-order valence-electron chi connectivity index (χ4n) is 3.47. The Hall–Kier alpha value is -2.04. The van der Waals surface area contributed by atoms with Crippen LogP contribution in [0.25, 0.3) is 0 Å². The van der Waals surface area contributed by atoms with E-state index in [1.54, 1.807) is 12.1 Å². The molecule has 0 bridgehead atoms. The highest BCUT2D eigenvalue weighted by molar-refractivity contribution is 7.89. The molecular formula is C22H25N3O2S. The van der Waals surface area contributed by atoms with E-state index in [1.807, 2.05) is 13.0 Å². The van der Waals surface area contributed by atoms with Gasteiger partial charge in [-0.25, -0.2) is 0 Å². The van der Waals surface area contributed by atoms with Crippen LogP contribution in [0.15, 0.2) is 47.4 Å². The molecule has 2 aromatic rings. The van der Waals surface area contributed by atoms with Crippen molar-refractivity contribution in [2.24, 2.45) is 0 Å². The van der Waals surface area contributed by atoms with Gasteiger partial charge in [-0.05, 0) is 49.9 Å². The maximum atomic E-state index is 12.7. The number of nitriles is 1. The molecule has 1 saturated heterocycles. The number of likely N-dealkylation sites (tertiary alicyclic amines) is 1. The molecule has 1 N–H and O–H groups in total. The summed E-state index contributed by atoms with van der Waals surface area (Å²) in [5.41, 5.74) is 2.74. The van der Waals surface area contributed by atoms with Gasteiger partial charge in [-0.3, -0.25) is 4.90 Å². The van der Waals surface area contributed by atoms with Crippen molar-refractivity contribution in [2.75, 3.05) is 13.1 Å². The molecule has 0 radical (unpaired) electrons. The van der Waals surface area contributed by atoms with Crippen LogP contribution >= 0.6 is 0 Å². The second-order valence-electron chi connectivity index (χ2n) is 7.66. The number of hydrogen-bond acceptors (Lipinski definition) is 5. The molecule has 0 aromatic heterocycles. The van der Waals surface area contributed by atoms with Gasteiger partial charge < -0.3 is 9.29 Å². The first-order chi connectivity index (χ1) is 13.6. The zero-order valence-corrected chi connectivity index (χ0v) is 16.9. The van der Waals surface area contributed by atoms with Crippen LogP contribution in [0.1, 0.15) is 36.0 Å². The summed E-state index contributed by atoms with van der Waals surface area (Å²) in [4.78, 5) is 3.08. The summed E-state index contributed by atoms with van der Waals surface area (Å²) in [7, 11) is 0. The fraction of sp³-hybridized carbons (Fsp3) is 0.409. The van der Waals surface area contributed by atoms with E-state index in [9.17, 15) is 4.55 Å². The fourth-order valence-corrected chi connectivity index (χ4v) is 4.68. The summed E-state index contributed by atoms with van der Waals surface area (Å²) in [6.45, 7) is 4.65. The van der Waals surface area contributed by atoms with Gasteiger partial charge >= 0.3 is 0 Å². The summed E-state index contributed by atoms with van der Waals surface area (Å²) in [5.74, 6) is 0.956. The molecule has 2 fully saturated rings. The van der Waals surface area contributed by atoms with Crippen LogP contribution in [0.5, 0.6) is 5.75 Å². The Kier molecular flexibility index (Phi) is 5.88. The van der Waals surface area contributed by atoms with Gasteiger partial charge in [0.25, 0.3) is 0 Å². The average Bonchev–Trinajstić information content (AvgIpc) is 3.41. The first-order valence-electron chi connectivity index (χ1n) is 9.77. The van der Waals surface area contributed by atoms with E-state index in [1.165, 1.54) is 18.4 Å². The SMILES string of the molecule is Cc1ccc(C#N)cc1[S@+]([O-])N[C@@H]1CCN(Cc2ccc(OC3CC3)cc2)C1. The molecule has 146 valence electrons. The van der Waals surface area contributed by atoms with E-state index in [-0.39, 0.29) is 6.04 Å². The zero-order valence-electron chi connectivity index (χ0n) is 16.1. The van der Waals surface area contributed by atoms with E-state index >= 15 is 0 Å². The molecule has 5 nitrogen and oxygen atoms in total. The van der Waals surface area contributed by atoms with Gasteiger partial charge in [0, 0.05) is 31.3 Å². The first kappa shape index (κ1) is 19.3. The lowest BCUT2D eigenvalue weighted by Gasteiger charge is -2.19.